The minimum atomic E-state index is -0.187. The van der Waals surface area contributed by atoms with E-state index in [0.717, 1.165) is 149 Å². The third kappa shape index (κ3) is 16.6. The van der Waals surface area contributed by atoms with Gasteiger partial charge in [-0.1, -0.05) is 202 Å². The number of nitrogens with zero attached hydrogens (tertiary/aromatic N) is 4. The van der Waals surface area contributed by atoms with Crippen LogP contribution in [0.2, 0.25) is 0 Å². The summed E-state index contributed by atoms with van der Waals surface area (Å²) in [6.45, 7) is 44.3. The number of aromatic nitrogens is 4. The van der Waals surface area contributed by atoms with Crippen LogP contribution in [-0.2, 0) is 10.8 Å². The fraction of sp³-hybridized carbons (Fsp3) is 0.632. The van der Waals surface area contributed by atoms with Gasteiger partial charge in [0.15, 0.2) is 23.0 Å². The monoisotopic (exact) mass is 1140 g/mol. The van der Waals surface area contributed by atoms with Crippen LogP contribution in [0, 0.1) is 47.3 Å². The second kappa shape index (κ2) is 28.5. The van der Waals surface area contributed by atoms with Gasteiger partial charge in [-0.3, -0.25) is 0 Å². The Morgan fingerprint density at radius 1 is 0.298 bits per heavy atom. The highest BCUT2D eigenvalue weighted by molar-refractivity contribution is 6.39. The Bertz CT molecular complexity index is 3000. The van der Waals surface area contributed by atoms with Crippen LogP contribution in [0.1, 0.15) is 238 Å². The molecule has 0 aliphatic heterocycles. The first-order chi connectivity index (χ1) is 39.8. The third-order valence-corrected chi connectivity index (χ3v) is 18.1. The molecule has 0 bridgehead atoms. The Labute approximate surface area is 507 Å². The normalized spacial score (nSPS) is 14.3. The third-order valence-electron chi connectivity index (χ3n) is 18.1. The van der Waals surface area contributed by atoms with Crippen LogP contribution in [0.4, 0.5) is 0 Å². The molecule has 0 radical (unpaired) electrons. The maximum absolute atomic E-state index is 6.79. The Balaban J connectivity index is 1.30. The first-order valence-corrected chi connectivity index (χ1v) is 33.5. The van der Waals surface area contributed by atoms with Crippen LogP contribution in [0.15, 0.2) is 48.5 Å². The van der Waals surface area contributed by atoms with Gasteiger partial charge in [-0.15, -0.1) is 0 Å². The zero-order valence-electron chi connectivity index (χ0n) is 55.8. The molecule has 8 heteroatoms. The summed E-state index contributed by atoms with van der Waals surface area (Å²) in [4.78, 5) is 22.8. The second-order valence-electron chi connectivity index (χ2n) is 30.1. The zero-order valence-corrected chi connectivity index (χ0v) is 55.8. The molecule has 4 unspecified atom stereocenters. The standard InChI is InChI=1S/C76H110N4O4/c1-47(2)23-19-27-51(9)31-35-81-65-43-61-62(44-66(65)82-36-32-52(10)28-20-24-48(3)4)78-72-58-40-56(76(16,17)18)42-60-70(58)69-57(71(72)77-61)39-55(75(13,14)15)41-59(69)73-74(60)80-64-46-68(84-38-34-54(12)30-22-26-50(7)8)67(45-63(64)79-73)83-37-33-53(11)29-21-25-49(5)6/h39-54H,19-38H2,1-18H3. The molecule has 2 aromatic heterocycles. The number of hydrogen-bond acceptors (Lipinski definition) is 8. The van der Waals surface area contributed by atoms with Crippen molar-refractivity contribution in [1.29, 1.82) is 0 Å². The quantitative estimate of drug-likeness (QED) is 0.0304. The first kappa shape index (κ1) is 64.8. The van der Waals surface area contributed by atoms with Crippen LogP contribution in [-0.4, -0.2) is 46.4 Å². The van der Waals surface area contributed by atoms with E-state index in [1.807, 2.05) is 0 Å². The molecule has 0 fully saturated rings. The molecular formula is C76H110N4O4. The highest BCUT2D eigenvalue weighted by atomic mass is 16.5. The van der Waals surface area contributed by atoms with Crippen molar-refractivity contribution in [3.8, 4) is 23.0 Å². The molecule has 8 rings (SSSR count). The van der Waals surface area contributed by atoms with Crippen molar-refractivity contribution < 1.29 is 18.9 Å². The molecule has 4 atom stereocenters. The SMILES string of the molecule is CC(C)CCCC(C)CCOc1cc2nc3c4cc(C(C)(C)C)cc5c6nc7cc(OCCC(C)CCCC(C)C)c(OCCC(C)CCCC(C)C)cc7nc6c6cc(C(C)(C)C)cc(c3nc2cc1OCCC(C)CCCC(C)C)c6c45. The van der Waals surface area contributed by atoms with Crippen LogP contribution in [0.3, 0.4) is 0 Å². The molecule has 458 valence electrons. The lowest BCUT2D eigenvalue weighted by Gasteiger charge is -2.25. The van der Waals surface area contributed by atoms with Crippen molar-refractivity contribution in [3.05, 3.63) is 59.7 Å². The Morgan fingerprint density at radius 2 is 0.512 bits per heavy atom. The fourth-order valence-corrected chi connectivity index (χ4v) is 12.3. The molecule has 2 heterocycles. The Hall–Kier alpha value is -5.24. The molecule has 84 heavy (non-hydrogen) atoms. The molecule has 0 spiro atoms. The second-order valence-corrected chi connectivity index (χ2v) is 30.1. The summed E-state index contributed by atoms with van der Waals surface area (Å²) >= 11 is 0. The molecule has 0 aliphatic carbocycles. The molecule has 0 saturated heterocycles. The van der Waals surface area contributed by atoms with Gasteiger partial charge < -0.3 is 18.9 Å². The smallest absolute Gasteiger partial charge is 0.163 e. The van der Waals surface area contributed by atoms with Crippen LogP contribution in [0.5, 0.6) is 23.0 Å². The minimum absolute atomic E-state index is 0.187. The van der Waals surface area contributed by atoms with Gasteiger partial charge in [-0.25, -0.2) is 19.9 Å². The van der Waals surface area contributed by atoms with E-state index < -0.39 is 0 Å². The molecule has 0 saturated carbocycles. The minimum Gasteiger partial charge on any atom is -0.490 e. The summed E-state index contributed by atoms with van der Waals surface area (Å²) in [5.74, 6) is 8.16. The van der Waals surface area contributed by atoms with E-state index >= 15 is 0 Å². The van der Waals surface area contributed by atoms with Gasteiger partial charge in [0.2, 0.25) is 0 Å². The van der Waals surface area contributed by atoms with Gasteiger partial charge >= 0.3 is 0 Å². The van der Waals surface area contributed by atoms with Gasteiger partial charge in [0.25, 0.3) is 0 Å². The molecule has 6 aromatic carbocycles. The van der Waals surface area contributed by atoms with E-state index in [0.29, 0.717) is 50.1 Å². The number of hydrogen-bond donors (Lipinski definition) is 0. The number of ether oxygens (including phenoxy) is 4. The van der Waals surface area contributed by atoms with Crippen LogP contribution >= 0.6 is 0 Å². The molecular weight excluding hydrogens is 1030 g/mol. The van der Waals surface area contributed by atoms with E-state index in [-0.39, 0.29) is 10.8 Å². The average molecular weight is 1140 g/mol. The van der Waals surface area contributed by atoms with E-state index in [4.69, 9.17) is 38.9 Å². The van der Waals surface area contributed by atoms with Gasteiger partial charge in [-0.05, 0) is 119 Å². The largest absolute Gasteiger partial charge is 0.490 e. The average Bonchev–Trinajstić information content (AvgIpc) is 0.746. The lowest BCUT2D eigenvalue weighted by Crippen LogP contribution is -2.12. The summed E-state index contributed by atoms with van der Waals surface area (Å²) in [6.07, 6.45) is 18.8. The van der Waals surface area contributed by atoms with Crippen molar-refractivity contribution in [2.75, 3.05) is 26.4 Å². The summed E-state index contributed by atoms with van der Waals surface area (Å²) in [5, 5.41) is 6.59. The van der Waals surface area contributed by atoms with Gasteiger partial charge in [0.1, 0.15) is 0 Å². The molecule has 8 aromatic rings. The van der Waals surface area contributed by atoms with Crippen molar-refractivity contribution in [2.45, 2.75) is 238 Å². The van der Waals surface area contributed by atoms with Crippen LogP contribution < -0.4 is 18.9 Å². The van der Waals surface area contributed by atoms with Crippen molar-refractivity contribution >= 4 is 76.5 Å². The fourth-order valence-electron chi connectivity index (χ4n) is 12.3. The topological polar surface area (TPSA) is 88.5 Å². The first-order valence-electron chi connectivity index (χ1n) is 33.5. The number of fused-ring (bicyclic) bond motifs is 8. The summed E-state index contributed by atoms with van der Waals surface area (Å²) in [6, 6.07) is 17.9. The molecule has 0 aliphatic rings. The van der Waals surface area contributed by atoms with Gasteiger partial charge in [0, 0.05) is 56.6 Å². The van der Waals surface area contributed by atoms with Gasteiger partial charge in [-0.2, -0.15) is 0 Å². The van der Waals surface area contributed by atoms with E-state index in [2.05, 4.69) is 173 Å². The summed E-state index contributed by atoms with van der Waals surface area (Å²) in [7, 11) is 0. The van der Waals surface area contributed by atoms with E-state index in [9.17, 15) is 0 Å². The van der Waals surface area contributed by atoms with Gasteiger partial charge in [0.05, 0.1) is 70.6 Å². The maximum atomic E-state index is 6.79. The highest BCUT2D eigenvalue weighted by Crippen LogP contribution is 2.48. The molecule has 0 N–H and O–H groups in total. The van der Waals surface area contributed by atoms with Crippen molar-refractivity contribution in [2.24, 2.45) is 47.3 Å². The Morgan fingerprint density at radius 3 is 0.702 bits per heavy atom. The van der Waals surface area contributed by atoms with E-state index in [1.165, 1.54) is 88.2 Å². The van der Waals surface area contributed by atoms with Crippen LogP contribution in [0.25, 0.3) is 76.5 Å². The van der Waals surface area contributed by atoms with Crippen molar-refractivity contribution in [3.63, 3.8) is 0 Å². The number of benzene rings is 6. The predicted octanol–water partition coefficient (Wildman–Crippen LogP) is 22.3. The predicted molar refractivity (Wildman–Crippen MR) is 361 cm³/mol. The highest BCUT2D eigenvalue weighted by Gasteiger charge is 2.28. The number of rotatable bonds is 32. The maximum Gasteiger partial charge on any atom is 0.163 e. The lowest BCUT2D eigenvalue weighted by atomic mass is 9.80. The van der Waals surface area contributed by atoms with Crippen molar-refractivity contribution in [1.82, 2.24) is 19.9 Å². The van der Waals surface area contributed by atoms with E-state index in [1.54, 1.807) is 0 Å². The molecule has 8 nitrogen and oxygen atoms in total. The summed E-state index contributed by atoms with van der Waals surface area (Å²) < 4.78 is 27.2. The summed E-state index contributed by atoms with van der Waals surface area (Å²) in [5.41, 5.74) is 8.75. The zero-order chi connectivity index (χ0) is 60.6. The lowest BCUT2D eigenvalue weighted by molar-refractivity contribution is 0.237. The molecule has 0 amide bonds. The Kier molecular flexibility index (Phi) is 22.0.